The Balaban J connectivity index is 0.000000741. The number of fused-ring (bicyclic) bond motifs is 1. The summed E-state index contributed by atoms with van der Waals surface area (Å²) in [5, 5.41) is 2.68. The molecule has 2 rings (SSSR count). The predicted octanol–water partition coefficient (Wildman–Crippen LogP) is 6.50. The van der Waals surface area contributed by atoms with E-state index in [1.165, 1.54) is 21.9 Å². The van der Waals surface area contributed by atoms with Gasteiger partial charge in [-0.1, -0.05) is 90.4 Å². The van der Waals surface area contributed by atoms with Gasteiger partial charge in [0.15, 0.2) is 0 Å². The lowest BCUT2D eigenvalue weighted by atomic mass is 9.86. The quantitative estimate of drug-likeness (QED) is 0.506. The van der Waals surface area contributed by atoms with Gasteiger partial charge < -0.3 is 0 Å². The third-order valence-electron chi connectivity index (χ3n) is 2.86. The maximum Gasteiger partial charge on any atom is -0.0132 e. The summed E-state index contributed by atoms with van der Waals surface area (Å²) in [7, 11) is 0. The summed E-state index contributed by atoms with van der Waals surface area (Å²) in [5.74, 6) is 0. The average molecular weight is 258 g/mol. The van der Waals surface area contributed by atoms with Crippen LogP contribution < -0.4 is 0 Å². The van der Waals surface area contributed by atoms with Crippen LogP contribution in [0.5, 0.6) is 0 Å². The SMILES string of the molecule is CC.CC.Cc1ccc2cc(C(C)(C)C)ccc2c1. The Bertz CT molecular complexity index is 487. The molecule has 0 nitrogen and oxygen atoms in total. The van der Waals surface area contributed by atoms with Crippen molar-refractivity contribution in [1.29, 1.82) is 0 Å². The number of rotatable bonds is 0. The van der Waals surface area contributed by atoms with Gasteiger partial charge in [-0.05, 0) is 28.7 Å². The summed E-state index contributed by atoms with van der Waals surface area (Å²) in [5.41, 5.74) is 2.96. The monoisotopic (exact) mass is 258 g/mol. The molecule has 0 saturated heterocycles. The van der Waals surface area contributed by atoms with Gasteiger partial charge in [-0.25, -0.2) is 0 Å². The Morgan fingerprint density at radius 2 is 1.16 bits per heavy atom. The first kappa shape index (κ1) is 17.7. The van der Waals surface area contributed by atoms with E-state index in [4.69, 9.17) is 0 Å². The van der Waals surface area contributed by atoms with Gasteiger partial charge in [0.2, 0.25) is 0 Å². The molecule has 0 aliphatic rings. The molecule has 2 aromatic carbocycles. The van der Waals surface area contributed by atoms with Crippen molar-refractivity contribution in [2.24, 2.45) is 0 Å². The summed E-state index contributed by atoms with van der Waals surface area (Å²) in [6, 6.07) is 13.4. The van der Waals surface area contributed by atoms with Crippen LogP contribution in [0.15, 0.2) is 36.4 Å². The fraction of sp³-hybridized carbons (Fsp3) is 0.474. The van der Waals surface area contributed by atoms with Crippen LogP contribution in [0.4, 0.5) is 0 Å². The van der Waals surface area contributed by atoms with Gasteiger partial charge >= 0.3 is 0 Å². The lowest BCUT2D eigenvalue weighted by molar-refractivity contribution is 0.591. The average Bonchev–Trinajstić information content (AvgIpc) is 2.41. The maximum absolute atomic E-state index is 2.30. The Morgan fingerprint density at radius 3 is 1.68 bits per heavy atom. The lowest BCUT2D eigenvalue weighted by Crippen LogP contribution is -2.10. The molecule has 0 heterocycles. The molecule has 0 spiro atoms. The molecule has 0 aliphatic carbocycles. The lowest BCUT2D eigenvalue weighted by Gasteiger charge is -2.19. The third-order valence-corrected chi connectivity index (χ3v) is 2.86. The minimum atomic E-state index is 0.235. The fourth-order valence-corrected chi connectivity index (χ4v) is 1.83. The van der Waals surface area contributed by atoms with E-state index in [9.17, 15) is 0 Å². The molecular weight excluding hydrogens is 228 g/mol. The van der Waals surface area contributed by atoms with E-state index in [0.29, 0.717) is 0 Å². The highest BCUT2D eigenvalue weighted by atomic mass is 14.2. The van der Waals surface area contributed by atoms with Gasteiger partial charge in [0.25, 0.3) is 0 Å². The topological polar surface area (TPSA) is 0 Å². The van der Waals surface area contributed by atoms with E-state index in [0.717, 1.165) is 0 Å². The Morgan fingerprint density at radius 1 is 0.684 bits per heavy atom. The Kier molecular flexibility index (Phi) is 7.44. The minimum Gasteiger partial charge on any atom is -0.0683 e. The summed E-state index contributed by atoms with van der Waals surface area (Å²) in [4.78, 5) is 0. The van der Waals surface area contributed by atoms with Crippen LogP contribution in [0.2, 0.25) is 0 Å². The normalized spacial score (nSPS) is 10.1. The number of benzene rings is 2. The first-order valence-electron chi connectivity index (χ1n) is 7.48. The van der Waals surface area contributed by atoms with Crippen molar-refractivity contribution >= 4 is 10.8 Å². The summed E-state index contributed by atoms with van der Waals surface area (Å²) < 4.78 is 0. The van der Waals surface area contributed by atoms with Crippen LogP contribution in [-0.4, -0.2) is 0 Å². The molecule has 0 radical (unpaired) electrons. The van der Waals surface area contributed by atoms with Crippen molar-refractivity contribution in [2.45, 2.75) is 60.8 Å². The zero-order valence-corrected chi connectivity index (χ0v) is 14.0. The highest BCUT2D eigenvalue weighted by molar-refractivity contribution is 5.84. The Labute approximate surface area is 119 Å². The van der Waals surface area contributed by atoms with Crippen LogP contribution in [0.3, 0.4) is 0 Å². The molecule has 0 amide bonds. The first-order chi connectivity index (χ1) is 8.97. The van der Waals surface area contributed by atoms with Crippen molar-refractivity contribution in [3.63, 3.8) is 0 Å². The second-order valence-corrected chi connectivity index (χ2v) is 5.32. The van der Waals surface area contributed by atoms with Crippen LogP contribution in [0.25, 0.3) is 10.8 Å². The van der Waals surface area contributed by atoms with Crippen LogP contribution in [0, 0.1) is 6.92 Å². The zero-order chi connectivity index (χ0) is 15.1. The van der Waals surface area contributed by atoms with Crippen LogP contribution >= 0.6 is 0 Å². The molecule has 0 bridgehead atoms. The number of hydrogen-bond donors (Lipinski definition) is 0. The van der Waals surface area contributed by atoms with Gasteiger partial charge in [-0.15, -0.1) is 0 Å². The molecule has 0 fully saturated rings. The number of aryl methyl sites for hydroxylation is 1. The van der Waals surface area contributed by atoms with Crippen molar-refractivity contribution in [1.82, 2.24) is 0 Å². The van der Waals surface area contributed by atoms with E-state index in [1.54, 1.807) is 0 Å². The molecule has 0 aromatic heterocycles. The third kappa shape index (κ3) is 5.06. The van der Waals surface area contributed by atoms with Crippen molar-refractivity contribution < 1.29 is 0 Å². The minimum absolute atomic E-state index is 0.235. The van der Waals surface area contributed by atoms with Gasteiger partial charge in [-0.2, -0.15) is 0 Å². The first-order valence-corrected chi connectivity index (χ1v) is 7.48. The molecule has 0 N–H and O–H groups in total. The van der Waals surface area contributed by atoms with Gasteiger partial charge in [0.1, 0.15) is 0 Å². The van der Waals surface area contributed by atoms with E-state index >= 15 is 0 Å². The van der Waals surface area contributed by atoms with E-state index in [1.807, 2.05) is 27.7 Å². The molecule has 2 aromatic rings. The van der Waals surface area contributed by atoms with E-state index in [-0.39, 0.29) is 5.41 Å². The van der Waals surface area contributed by atoms with Crippen molar-refractivity contribution in [3.8, 4) is 0 Å². The standard InChI is InChI=1S/C15H18.2C2H6/c1-11-5-6-13-10-14(15(2,3)4)8-7-12(13)9-11;2*1-2/h5-10H,1-4H3;2*1-2H3. The van der Waals surface area contributed by atoms with Gasteiger partial charge in [-0.3, -0.25) is 0 Å². The van der Waals surface area contributed by atoms with E-state index in [2.05, 4.69) is 64.1 Å². The summed E-state index contributed by atoms with van der Waals surface area (Å²) >= 11 is 0. The smallest absolute Gasteiger partial charge is 0.0132 e. The zero-order valence-electron chi connectivity index (χ0n) is 14.0. The molecule has 0 unspecified atom stereocenters. The van der Waals surface area contributed by atoms with Crippen molar-refractivity contribution in [2.75, 3.05) is 0 Å². The molecule has 106 valence electrons. The van der Waals surface area contributed by atoms with Crippen LogP contribution in [-0.2, 0) is 5.41 Å². The molecule has 0 saturated carbocycles. The van der Waals surface area contributed by atoms with Crippen molar-refractivity contribution in [3.05, 3.63) is 47.5 Å². The Hall–Kier alpha value is -1.30. The molecule has 0 heteroatoms. The largest absolute Gasteiger partial charge is 0.0683 e. The molecule has 0 aliphatic heterocycles. The molecule has 19 heavy (non-hydrogen) atoms. The predicted molar refractivity (Wildman–Crippen MR) is 90.1 cm³/mol. The highest BCUT2D eigenvalue weighted by Gasteiger charge is 2.13. The summed E-state index contributed by atoms with van der Waals surface area (Å²) in [6.07, 6.45) is 0. The number of hydrogen-bond acceptors (Lipinski definition) is 0. The molecule has 0 atom stereocenters. The van der Waals surface area contributed by atoms with Gasteiger partial charge in [0, 0.05) is 0 Å². The van der Waals surface area contributed by atoms with Gasteiger partial charge in [0.05, 0.1) is 0 Å². The molecular formula is C19H30. The van der Waals surface area contributed by atoms with E-state index < -0.39 is 0 Å². The maximum atomic E-state index is 2.30. The second kappa shape index (κ2) is 7.99. The van der Waals surface area contributed by atoms with Crippen LogP contribution in [0.1, 0.15) is 59.6 Å². The summed E-state index contributed by atoms with van der Waals surface area (Å²) in [6.45, 7) is 16.9. The highest BCUT2D eigenvalue weighted by Crippen LogP contribution is 2.26. The second-order valence-electron chi connectivity index (χ2n) is 5.32. The fourth-order valence-electron chi connectivity index (χ4n) is 1.83.